The number of ether oxygens (including phenoxy) is 2. The van der Waals surface area contributed by atoms with Crippen molar-refractivity contribution in [3.05, 3.63) is 54.1 Å². The maximum atomic E-state index is 5.64. The lowest BCUT2D eigenvalue weighted by atomic mass is 10.2. The summed E-state index contributed by atoms with van der Waals surface area (Å²) >= 11 is 0. The van der Waals surface area contributed by atoms with Crippen LogP contribution in [0.2, 0.25) is 0 Å². The van der Waals surface area contributed by atoms with E-state index in [1.807, 2.05) is 50.2 Å². The highest BCUT2D eigenvalue weighted by Crippen LogP contribution is 2.18. The molecule has 2 rings (SSSR count). The van der Waals surface area contributed by atoms with E-state index < -0.39 is 0 Å². The van der Waals surface area contributed by atoms with Crippen LogP contribution in [-0.2, 0) is 6.54 Å². The molecule has 0 spiro atoms. The summed E-state index contributed by atoms with van der Waals surface area (Å²) in [6, 6.07) is 16.3. The summed E-state index contributed by atoms with van der Waals surface area (Å²) in [5.74, 6) is 1.83. The summed E-state index contributed by atoms with van der Waals surface area (Å²) < 4.78 is 11.2. The van der Waals surface area contributed by atoms with Gasteiger partial charge in [-0.3, -0.25) is 0 Å². The standard InChI is InChI=1S/C19H25NO2/c1-4-13-21-18-11-7-17(8-12-18)20-14-16-5-9-19(10-6-16)22-15(2)3/h5-12,15,20H,4,13-14H2,1-3H3. The molecule has 118 valence electrons. The third kappa shape index (κ3) is 5.32. The van der Waals surface area contributed by atoms with Gasteiger partial charge < -0.3 is 14.8 Å². The number of hydrogen-bond acceptors (Lipinski definition) is 3. The second kappa shape index (κ2) is 8.32. The molecule has 0 unspecified atom stereocenters. The van der Waals surface area contributed by atoms with Crippen LogP contribution in [-0.4, -0.2) is 12.7 Å². The van der Waals surface area contributed by atoms with Crippen LogP contribution in [0.3, 0.4) is 0 Å². The van der Waals surface area contributed by atoms with Crippen LogP contribution in [0, 0.1) is 0 Å². The lowest BCUT2D eigenvalue weighted by Gasteiger charge is -2.11. The largest absolute Gasteiger partial charge is 0.494 e. The predicted molar refractivity (Wildman–Crippen MR) is 91.8 cm³/mol. The van der Waals surface area contributed by atoms with E-state index >= 15 is 0 Å². The van der Waals surface area contributed by atoms with Crippen LogP contribution in [0.15, 0.2) is 48.5 Å². The Hall–Kier alpha value is -2.16. The molecular weight excluding hydrogens is 274 g/mol. The zero-order valence-corrected chi connectivity index (χ0v) is 13.6. The zero-order chi connectivity index (χ0) is 15.8. The average molecular weight is 299 g/mol. The van der Waals surface area contributed by atoms with E-state index in [1.165, 1.54) is 5.56 Å². The second-order valence-corrected chi connectivity index (χ2v) is 5.54. The van der Waals surface area contributed by atoms with Crippen LogP contribution in [0.25, 0.3) is 0 Å². The number of anilines is 1. The van der Waals surface area contributed by atoms with Gasteiger partial charge in [-0.05, 0) is 62.2 Å². The van der Waals surface area contributed by atoms with E-state index in [9.17, 15) is 0 Å². The van der Waals surface area contributed by atoms with E-state index in [4.69, 9.17) is 9.47 Å². The minimum Gasteiger partial charge on any atom is -0.494 e. The Morgan fingerprint density at radius 2 is 1.55 bits per heavy atom. The summed E-state index contributed by atoms with van der Waals surface area (Å²) in [6.45, 7) is 7.72. The molecule has 3 heteroatoms. The van der Waals surface area contributed by atoms with E-state index in [2.05, 4.69) is 24.4 Å². The molecule has 0 aromatic heterocycles. The highest BCUT2D eigenvalue weighted by atomic mass is 16.5. The minimum atomic E-state index is 0.206. The lowest BCUT2D eigenvalue weighted by molar-refractivity contribution is 0.242. The van der Waals surface area contributed by atoms with E-state index in [0.717, 1.165) is 36.8 Å². The van der Waals surface area contributed by atoms with Gasteiger partial charge in [0.25, 0.3) is 0 Å². The van der Waals surface area contributed by atoms with E-state index in [1.54, 1.807) is 0 Å². The zero-order valence-electron chi connectivity index (χ0n) is 13.6. The minimum absolute atomic E-state index is 0.206. The molecule has 0 bridgehead atoms. The van der Waals surface area contributed by atoms with Crippen molar-refractivity contribution in [3.63, 3.8) is 0 Å². The van der Waals surface area contributed by atoms with E-state index in [-0.39, 0.29) is 6.10 Å². The summed E-state index contributed by atoms with van der Waals surface area (Å²) in [7, 11) is 0. The Labute approximate surface area is 133 Å². The number of rotatable bonds is 8. The van der Waals surface area contributed by atoms with Crippen molar-refractivity contribution in [2.45, 2.75) is 39.8 Å². The molecule has 0 saturated heterocycles. The second-order valence-electron chi connectivity index (χ2n) is 5.54. The fourth-order valence-corrected chi connectivity index (χ4v) is 2.05. The van der Waals surface area contributed by atoms with Crippen molar-refractivity contribution < 1.29 is 9.47 Å². The monoisotopic (exact) mass is 299 g/mol. The molecule has 0 aliphatic rings. The van der Waals surface area contributed by atoms with Gasteiger partial charge in [-0.15, -0.1) is 0 Å². The van der Waals surface area contributed by atoms with Gasteiger partial charge in [-0.1, -0.05) is 19.1 Å². The van der Waals surface area contributed by atoms with Gasteiger partial charge in [-0.25, -0.2) is 0 Å². The summed E-state index contributed by atoms with van der Waals surface area (Å²) in [4.78, 5) is 0. The molecule has 0 radical (unpaired) electrons. The first-order chi connectivity index (χ1) is 10.7. The van der Waals surface area contributed by atoms with Gasteiger partial charge in [0, 0.05) is 12.2 Å². The molecule has 0 aliphatic heterocycles. The molecule has 2 aromatic carbocycles. The lowest BCUT2D eigenvalue weighted by Crippen LogP contribution is -2.05. The predicted octanol–water partition coefficient (Wildman–Crippen LogP) is 4.87. The van der Waals surface area contributed by atoms with Gasteiger partial charge in [0.2, 0.25) is 0 Å². The van der Waals surface area contributed by atoms with Crippen molar-refractivity contribution in [1.29, 1.82) is 0 Å². The summed E-state index contributed by atoms with van der Waals surface area (Å²) in [5, 5.41) is 3.41. The first-order valence-electron chi connectivity index (χ1n) is 7.89. The van der Waals surface area contributed by atoms with Crippen LogP contribution in [0.5, 0.6) is 11.5 Å². The van der Waals surface area contributed by atoms with Crippen LogP contribution < -0.4 is 14.8 Å². The van der Waals surface area contributed by atoms with Crippen molar-refractivity contribution in [1.82, 2.24) is 0 Å². The fraction of sp³-hybridized carbons (Fsp3) is 0.368. The summed E-state index contributed by atoms with van der Waals surface area (Å²) in [6.07, 6.45) is 1.23. The van der Waals surface area contributed by atoms with Crippen molar-refractivity contribution in [2.24, 2.45) is 0 Å². The normalized spacial score (nSPS) is 10.5. The number of hydrogen-bond donors (Lipinski definition) is 1. The Morgan fingerprint density at radius 3 is 2.14 bits per heavy atom. The topological polar surface area (TPSA) is 30.5 Å². The molecule has 0 saturated carbocycles. The molecule has 1 N–H and O–H groups in total. The first kappa shape index (κ1) is 16.2. The molecule has 22 heavy (non-hydrogen) atoms. The molecule has 2 aromatic rings. The van der Waals surface area contributed by atoms with Crippen LogP contribution in [0.1, 0.15) is 32.8 Å². The van der Waals surface area contributed by atoms with Crippen LogP contribution in [0.4, 0.5) is 5.69 Å². The van der Waals surface area contributed by atoms with Gasteiger partial charge in [-0.2, -0.15) is 0 Å². The maximum absolute atomic E-state index is 5.64. The van der Waals surface area contributed by atoms with Crippen LogP contribution >= 0.6 is 0 Å². The van der Waals surface area contributed by atoms with Crippen molar-refractivity contribution in [2.75, 3.05) is 11.9 Å². The van der Waals surface area contributed by atoms with Crippen molar-refractivity contribution in [3.8, 4) is 11.5 Å². The third-order valence-corrected chi connectivity index (χ3v) is 3.12. The average Bonchev–Trinajstić information content (AvgIpc) is 2.53. The molecule has 0 aliphatic carbocycles. The Kier molecular flexibility index (Phi) is 6.13. The Morgan fingerprint density at radius 1 is 0.909 bits per heavy atom. The third-order valence-electron chi connectivity index (χ3n) is 3.12. The first-order valence-corrected chi connectivity index (χ1v) is 7.89. The molecule has 0 fully saturated rings. The van der Waals surface area contributed by atoms with E-state index in [0.29, 0.717) is 0 Å². The van der Waals surface area contributed by atoms with Crippen molar-refractivity contribution >= 4 is 5.69 Å². The smallest absolute Gasteiger partial charge is 0.119 e. The summed E-state index contributed by atoms with van der Waals surface area (Å²) in [5.41, 5.74) is 2.31. The highest BCUT2D eigenvalue weighted by Gasteiger charge is 1.99. The van der Waals surface area contributed by atoms with Gasteiger partial charge in [0.1, 0.15) is 11.5 Å². The number of benzene rings is 2. The molecule has 0 atom stereocenters. The van der Waals surface area contributed by atoms with Gasteiger partial charge in [0.15, 0.2) is 0 Å². The Bertz CT molecular complexity index is 547. The SMILES string of the molecule is CCCOc1ccc(NCc2ccc(OC(C)C)cc2)cc1. The number of nitrogens with one attached hydrogen (secondary N) is 1. The molecule has 0 amide bonds. The maximum Gasteiger partial charge on any atom is 0.119 e. The fourth-order valence-electron chi connectivity index (χ4n) is 2.05. The van der Waals surface area contributed by atoms with Gasteiger partial charge in [0.05, 0.1) is 12.7 Å². The Balaban J connectivity index is 1.84. The molecular formula is C19H25NO2. The van der Waals surface area contributed by atoms with Gasteiger partial charge >= 0.3 is 0 Å². The highest BCUT2D eigenvalue weighted by molar-refractivity contribution is 5.47. The quantitative estimate of drug-likeness (QED) is 0.754. The molecule has 0 heterocycles. The molecule has 3 nitrogen and oxygen atoms in total.